The van der Waals surface area contributed by atoms with Gasteiger partial charge in [0, 0.05) is 68.8 Å². The van der Waals surface area contributed by atoms with Crippen LogP contribution in [0.3, 0.4) is 0 Å². The van der Waals surface area contributed by atoms with Crippen molar-refractivity contribution in [3.8, 4) is 11.1 Å². The number of rotatable bonds is 3. The highest BCUT2D eigenvalue weighted by molar-refractivity contribution is 5.76. The van der Waals surface area contributed by atoms with Crippen molar-refractivity contribution in [2.45, 2.75) is 45.7 Å². The van der Waals surface area contributed by atoms with E-state index in [1.807, 2.05) is 22.8 Å². The second kappa shape index (κ2) is 8.27. The van der Waals surface area contributed by atoms with Crippen LogP contribution in [0.5, 0.6) is 0 Å². The highest BCUT2D eigenvalue weighted by Crippen LogP contribution is 2.41. The van der Waals surface area contributed by atoms with Gasteiger partial charge in [-0.25, -0.2) is 0 Å². The summed E-state index contributed by atoms with van der Waals surface area (Å²) >= 11 is 0. The van der Waals surface area contributed by atoms with Gasteiger partial charge in [-0.05, 0) is 42.0 Å². The number of fused-ring (bicyclic) bond motifs is 2. The lowest BCUT2D eigenvalue weighted by Crippen LogP contribution is -2.36. The minimum absolute atomic E-state index is 0.127. The van der Waals surface area contributed by atoms with Crippen molar-refractivity contribution in [1.82, 2.24) is 24.5 Å². The molecule has 5 heterocycles. The van der Waals surface area contributed by atoms with Gasteiger partial charge in [0.25, 0.3) is 0 Å². The molecule has 1 saturated heterocycles. The van der Waals surface area contributed by atoms with Crippen LogP contribution < -0.4 is 4.90 Å². The summed E-state index contributed by atoms with van der Waals surface area (Å²) in [7, 11) is 1.95. The van der Waals surface area contributed by atoms with Crippen molar-refractivity contribution in [2.75, 3.05) is 31.2 Å². The van der Waals surface area contributed by atoms with Gasteiger partial charge in [0.1, 0.15) is 0 Å². The van der Waals surface area contributed by atoms with Gasteiger partial charge in [0.05, 0.1) is 25.4 Å². The molecule has 1 fully saturated rings. The molecule has 2 atom stereocenters. The molecule has 3 aromatic rings. The summed E-state index contributed by atoms with van der Waals surface area (Å²) in [6.45, 7) is 7.77. The van der Waals surface area contributed by atoms with Crippen LogP contribution in [-0.2, 0) is 36.0 Å². The first kappa shape index (κ1) is 21.4. The summed E-state index contributed by atoms with van der Waals surface area (Å²) in [5.74, 6) is 1.64. The number of carbonyl (C=O) groups is 1. The molecule has 34 heavy (non-hydrogen) atoms. The average molecular weight is 461 g/mol. The van der Waals surface area contributed by atoms with Crippen molar-refractivity contribution < 1.29 is 9.53 Å². The smallest absolute Gasteiger partial charge is 0.219 e. The molecule has 178 valence electrons. The van der Waals surface area contributed by atoms with Gasteiger partial charge in [-0.2, -0.15) is 10.2 Å². The van der Waals surface area contributed by atoms with E-state index in [-0.39, 0.29) is 11.9 Å². The Morgan fingerprint density at radius 1 is 1.24 bits per heavy atom. The van der Waals surface area contributed by atoms with Crippen LogP contribution in [0, 0.1) is 5.92 Å². The minimum Gasteiger partial charge on any atom is -0.379 e. The van der Waals surface area contributed by atoms with E-state index in [4.69, 9.17) is 9.84 Å². The number of hydrogen-bond acceptors (Lipinski definition) is 5. The Labute approximate surface area is 200 Å². The summed E-state index contributed by atoms with van der Waals surface area (Å²) in [6, 6.07) is 7.01. The van der Waals surface area contributed by atoms with Gasteiger partial charge in [0.2, 0.25) is 5.91 Å². The lowest BCUT2D eigenvalue weighted by Gasteiger charge is -2.35. The first-order chi connectivity index (χ1) is 16.5. The van der Waals surface area contributed by atoms with Crippen LogP contribution in [0.1, 0.15) is 43.1 Å². The number of aromatic nitrogens is 4. The van der Waals surface area contributed by atoms with E-state index in [9.17, 15) is 4.79 Å². The van der Waals surface area contributed by atoms with E-state index in [1.165, 1.54) is 28.1 Å². The predicted molar refractivity (Wildman–Crippen MR) is 130 cm³/mol. The Balaban J connectivity index is 1.44. The molecule has 3 aliphatic rings. The van der Waals surface area contributed by atoms with Crippen LogP contribution in [0.15, 0.2) is 30.6 Å². The molecule has 0 saturated carbocycles. The van der Waals surface area contributed by atoms with E-state index in [0.717, 1.165) is 50.3 Å². The summed E-state index contributed by atoms with van der Waals surface area (Å²) in [5, 5.41) is 9.56. The molecule has 2 aromatic heterocycles. The number of carbonyl (C=O) groups excluding carboxylic acids is 1. The molecule has 1 amide bonds. The maximum absolute atomic E-state index is 12.2. The van der Waals surface area contributed by atoms with E-state index >= 15 is 0 Å². The van der Waals surface area contributed by atoms with Crippen LogP contribution in [-0.4, -0.2) is 56.7 Å². The van der Waals surface area contributed by atoms with Crippen molar-refractivity contribution in [3.63, 3.8) is 0 Å². The second-order valence-electron chi connectivity index (χ2n) is 10.1. The quantitative estimate of drug-likeness (QED) is 0.599. The number of ether oxygens (including phenoxy) is 1. The predicted octanol–water partition coefficient (Wildman–Crippen LogP) is 3.48. The third kappa shape index (κ3) is 3.60. The molecule has 1 aromatic carbocycles. The molecule has 0 spiro atoms. The monoisotopic (exact) mass is 460 g/mol. The number of nitrogens with zero attached hydrogens (tertiary/aromatic N) is 6. The zero-order valence-electron chi connectivity index (χ0n) is 20.2. The molecule has 0 bridgehead atoms. The molecule has 8 heteroatoms. The van der Waals surface area contributed by atoms with Gasteiger partial charge in [0.15, 0.2) is 5.82 Å². The maximum atomic E-state index is 12.2. The van der Waals surface area contributed by atoms with Gasteiger partial charge < -0.3 is 14.5 Å². The number of amides is 1. The molecular weight excluding hydrogens is 428 g/mol. The number of benzene rings is 1. The SMILES string of the molecule is CC(=O)N1CCc2c(c(N3C[C@H](C)Cc4cc(-c5cnn(C)c5)ccc43)nn2[C@H]2CCOC2)C1. The van der Waals surface area contributed by atoms with Crippen LogP contribution in [0.2, 0.25) is 0 Å². The number of hydrogen-bond donors (Lipinski definition) is 0. The van der Waals surface area contributed by atoms with Gasteiger partial charge in [-0.3, -0.25) is 14.2 Å². The average Bonchev–Trinajstić information content (AvgIpc) is 3.57. The summed E-state index contributed by atoms with van der Waals surface area (Å²) in [4.78, 5) is 16.6. The van der Waals surface area contributed by atoms with Crippen molar-refractivity contribution in [1.29, 1.82) is 0 Å². The molecule has 8 nitrogen and oxygen atoms in total. The Hall–Kier alpha value is -3.13. The maximum Gasteiger partial charge on any atom is 0.219 e. The zero-order valence-corrected chi connectivity index (χ0v) is 20.2. The number of anilines is 2. The zero-order chi connectivity index (χ0) is 23.4. The summed E-state index contributed by atoms with van der Waals surface area (Å²) in [5.41, 5.74) is 7.36. The third-order valence-electron chi connectivity index (χ3n) is 7.49. The van der Waals surface area contributed by atoms with Gasteiger partial charge in [-0.1, -0.05) is 13.0 Å². The molecule has 0 N–H and O–H groups in total. The lowest BCUT2D eigenvalue weighted by molar-refractivity contribution is -0.129. The standard InChI is InChI=1S/C26H32N6O2/c1-17-10-20-11-19(21-12-27-29(3)14-21)4-5-24(20)31(13-17)26-23-15-30(18(2)33)8-6-25(23)32(28-26)22-7-9-34-16-22/h4-5,11-12,14,17,22H,6-10,13,15-16H2,1-3H3/t17-,22+/m1/s1. The molecule has 0 unspecified atom stereocenters. The second-order valence-corrected chi connectivity index (χ2v) is 10.1. The van der Waals surface area contributed by atoms with Crippen molar-refractivity contribution >= 4 is 17.4 Å². The lowest BCUT2D eigenvalue weighted by atomic mass is 9.91. The fourth-order valence-electron chi connectivity index (χ4n) is 5.74. The van der Waals surface area contributed by atoms with E-state index in [0.29, 0.717) is 19.1 Å². The number of aryl methyl sites for hydroxylation is 1. The largest absolute Gasteiger partial charge is 0.379 e. The van der Waals surface area contributed by atoms with Crippen LogP contribution >= 0.6 is 0 Å². The molecular formula is C26H32N6O2. The minimum atomic E-state index is 0.127. The van der Waals surface area contributed by atoms with Gasteiger partial charge in [-0.15, -0.1) is 0 Å². The molecule has 0 radical (unpaired) electrons. The van der Waals surface area contributed by atoms with Gasteiger partial charge >= 0.3 is 0 Å². The fourth-order valence-corrected chi connectivity index (χ4v) is 5.74. The first-order valence-corrected chi connectivity index (χ1v) is 12.3. The fraction of sp³-hybridized carbons (Fsp3) is 0.500. The van der Waals surface area contributed by atoms with Crippen LogP contribution in [0.25, 0.3) is 11.1 Å². The summed E-state index contributed by atoms with van der Waals surface area (Å²) < 4.78 is 9.76. The van der Waals surface area contributed by atoms with Crippen molar-refractivity contribution in [2.24, 2.45) is 13.0 Å². The highest BCUT2D eigenvalue weighted by atomic mass is 16.5. The normalized spacial score (nSPS) is 22.1. The molecule has 6 rings (SSSR count). The van der Waals surface area contributed by atoms with E-state index in [1.54, 1.807) is 6.92 Å². The Bertz CT molecular complexity index is 1240. The first-order valence-electron chi connectivity index (χ1n) is 12.3. The highest BCUT2D eigenvalue weighted by Gasteiger charge is 2.34. The van der Waals surface area contributed by atoms with E-state index < -0.39 is 0 Å². The van der Waals surface area contributed by atoms with E-state index in [2.05, 4.69) is 46.0 Å². The third-order valence-corrected chi connectivity index (χ3v) is 7.49. The van der Waals surface area contributed by atoms with Crippen LogP contribution in [0.4, 0.5) is 11.5 Å². The molecule has 3 aliphatic heterocycles. The van der Waals surface area contributed by atoms with Crippen molar-refractivity contribution in [3.05, 3.63) is 47.4 Å². The Kier molecular flexibility index (Phi) is 5.21. The Morgan fingerprint density at radius 3 is 2.85 bits per heavy atom. The Morgan fingerprint density at radius 2 is 2.12 bits per heavy atom. The molecule has 0 aliphatic carbocycles. The topological polar surface area (TPSA) is 68.4 Å². The summed E-state index contributed by atoms with van der Waals surface area (Å²) in [6.07, 6.45) is 6.85.